The molecule has 0 aliphatic heterocycles. The second kappa shape index (κ2) is 11.0. The molecule has 0 saturated carbocycles. The minimum absolute atomic E-state index is 0.161. The van der Waals surface area contributed by atoms with Gasteiger partial charge in [0.05, 0.1) is 6.54 Å². The average Bonchev–Trinajstić information content (AvgIpc) is 2.34. The highest BCUT2D eigenvalue weighted by Gasteiger charge is 1.99. The highest BCUT2D eigenvalue weighted by Crippen LogP contribution is 1.96. The Morgan fingerprint density at radius 1 is 1.18 bits per heavy atom. The van der Waals surface area contributed by atoms with Gasteiger partial charge in [-0.15, -0.1) is 0 Å². The lowest BCUT2D eigenvalue weighted by Gasteiger charge is -2.07. The molecule has 0 aromatic rings. The molecule has 0 radical (unpaired) electrons. The number of carbonyl (C=O) groups excluding carboxylic acids is 2. The van der Waals surface area contributed by atoms with E-state index in [0.29, 0.717) is 13.1 Å². The van der Waals surface area contributed by atoms with Gasteiger partial charge in [0.15, 0.2) is 0 Å². The van der Waals surface area contributed by atoms with Gasteiger partial charge in [0.25, 0.3) is 0 Å². The number of nitrogens with one attached hydrogen (secondary N) is 2. The molecule has 0 atom stereocenters. The molecule has 0 rings (SSSR count). The minimum atomic E-state index is -0.480. The number of unbranched alkanes of at least 4 members (excludes halogenated alkanes) is 3. The van der Waals surface area contributed by atoms with Crippen LogP contribution in [0.4, 0.5) is 4.79 Å². The van der Waals surface area contributed by atoms with E-state index in [1.807, 2.05) is 0 Å². The molecule has 17 heavy (non-hydrogen) atoms. The van der Waals surface area contributed by atoms with Gasteiger partial charge in [-0.25, -0.2) is 9.59 Å². The maximum absolute atomic E-state index is 11.2. The van der Waals surface area contributed by atoms with Crippen molar-refractivity contribution in [2.45, 2.75) is 32.6 Å². The zero-order chi connectivity index (χ0) is 12.9. The van der Waals surface area contributed by atoms with Crippen LogP contribution >= 0.6 is 0 Å². The molecule has 98 valence electrons. The lowest BCUT2D eigenvalue weighted by Crippen LogP contribution is -2.37. The SMILES string of the molecule is C=CC(=O)OCCNC(=O)NCCCCCC. The fraction of sp³-hybridized carbons (Fsp3) is 0.667. The van der Waals surface area contributed by atoms with Gasteiger partial charge >= 0.3 is 12.0 Å². The Hall–Kier alpha value is -1.52. The molecule has 0 bridgehead atoms. The molecule has 0 aliphatic carbocycles. The van der Waals surface area contributed by atoms with Crippen molar-refractivity contribution in [3.8, 4) is 0 Å². The van der Waals surface area contributed by atoms with Crippen LogP contribution in [0.3, 0.4) is 0 Å². The summed E-state index contributed by atoms with van der Waals surface area (Å²) in [6.45, 7) is 6.55. The quantitative estimate of drug-likeness (QED) is 0.366. The molecule has 0 aromatic carbocycles. The van der Waals surface area contributed by atoms with Crippen LogP contribution in [0.5, 0.6) is 0 Å². The molecular weight excluding hydrogens is 220 g/mol. The summed E-state index contributed by atoms with van der Waals surface area (Å²) >= 11 is 0. The van der Waals surface area contributed by atoms with Gasteiger partial charge in [-0.3, -0.25) is 0 Å². The molecule has 0 spiro atoms. The van der Waals surface area contributed by atoms with Crippen molar-refractivity contribution >= 4 is 12.0 Å². The van der Waals surface area contributed by atoms with Crippen LogP contribution in [0.15, 0.2) is 12.7 Å². The molecule has 0 aromatic heterocycles. The molecule has 2 amide bonds. The van der Waals surface area contributed by atoms with E-state index in [4.69, 9.17) is 4.74 Å². The van der Waals surface area contributed by atoms with Crippen molar-refractivity contribution in [2.24, 2.45) is 0 Å². The summed E-state index contributed by atoms with van der Waals surface area (Å²) in [6, 6.07) is -0.226. The molecule has 0 heterocycles. The van der Waals surface area contributed by atoms with Gasteiger partial charge in [-0.2, -0.15) is 0 Å². The van der Waals surface area contributed by atoms with E-state index in [9.17, 15) is 9.59 Å². The first-order valence-corrected chi connectivity index (χ1v) is 6.01. The van der Waals surface area contributed by atoms with Crippen LogP contribution in [0.1, 0.15) is 32.6 Å². The largest absolute Gasteiger partial charge is 0.461 e. The summed E-state index contributed by atoms with van der Waals surface area (Å²) in [4.78, 5) is 21.9. The maximum Gasteiger partial charge on any atom is 0.330 e. The number of rotatable bonds is 9. The molecule has 5 heteroatoms. The number of esters is 1. The fourth-order valence-corrected chi connectivity index (χ4v) is 1.19. The Bertz CT molecular complexity index is 242. The van der Waals surface area contributed by atoms with E-state index < -0.39 is 5.97 Å². The van der Waals surface area contributed by atoms with Crippen LogP contribution in [0.2, 0.25) is 0 Å². The van der Waals surface area contributed by atoms with Gasteiger partial charge < -0.3 is 15.4 Å². The second-order valence-electron chi connectivity index (χ2n) is 3.61. The summed E-state index contributed by atoms with van der Waals surface area (Å²) in [5.74, 6) is -0.480. The first-order chi connectivity index (χ1) is 8.20. The van der Waals surface area contributed by atoms with Gasteiger partial charge in [0.1, 0.15) is 6.61 Å². The van der Waals surface area contributed by atoms with E-state index in [2.05, 4.69) is 24.1 Å². The molecular formula is C12H22N2O3. The van der Waals surface area contributed by atoms with Crippen LogP contribution < -0.4 is 10.6 Å². The lowest BCUT2D eigenvalue weighted by molar-refractivity contribution is -0.137. The molecule has 0 unspecified atom stereocenters. The number of hydrogen-bond acceptors (Lipinski definition) is 3. The fourth-order valence-electron chi connectivity index (χ4n) is 1.19. The van der Waals surface area contributed by atoms with Crippen molar-refractivity contribution in [3.63, 3.8) is 0 Å². The van der Waals surface area contributed by atoms with Gasteiger partial charge in [0, 0.05) is 12.6 Å². The number of ether oxygens (including phenoxy) is 1. The summed E-state index contributed by atoms with van der Waals surface area (Å²) < 4.78 is 4.70. The summed E-state index contributed by atoms with van der Waals surface area (Å²) in [5.41, 5.74) is 0. The van der Waals surface area contributed by atoms with E-state index in [0.717, 1.165) is 18.9 Å². The first-order valence-electron chi connectivity index (χ1n) is 6.01. The third-order valence-corrected chi connectivity index (χ3v) is 2.11. The number of amides is 2. The molecule has 0 fully saturated rings. The number of carbonyl (C=O) groups is 2. The molecule has 0 saturated heterocycles. The van der Waals surface area contributed by atoms with Crippen molar-refractivity contribution in [2.75, 3.05) is 19.7 Å². The van der Waals surface area contributed by atoms with Crippen LogP contribution in [-0.2, 0) is 9.53 Å². The molecule has 0 aliphatic rings. The monoisotopic (exact) mass is 242 g/mol. The van der Waals surface area contributed by atoms with E-state index in [1.165, 1.54) is 12.8 Å². The Labute approximate surface area is 103 Å². The summed E-state index contributed by atoms with van der Waals surface area (Å²) in [7, 11) is 0. The predicted octanol–water partition coefficient (Wildman–Crippen LogP) is 1.60. The molecule has 5 nitrogen and oxygen atoms in total. The van der Waals surface area contributed by atoms with Crippen molar-refractivity contribution in [1.29, 1.82) is 0 Å². The standard InChI is InChI=1S/C12H22N2O3/c1-3-5-6-7-8-13-12(16)14-9-10-17-11(15)4-2/h4H,2-3,5-10H2,1H3,(H2,13,14,16). The highest BCUT2D eigenvalue weighted by atomic mass is 16.5. The molecule has 2 N–H and O–H groups in total. The van der Waals surface area contributed by atoms with Gasteiger partial charge in [-0.05, 0) is 6.42 Å². The van der Waals surface area contributed by atoms with Crippen LogP contribution in [-0.4, -0.2) is 31.7 Å². The highest BCUT2D eigenvalue weighted by molar-refractivity contribution is 5.81. The Balaban J connectivity index is 3.29. The Morgan fingerprint density at radius 3 is 2.53 bits per heavy atom. The van der Waals surface area contributed by atoms with E-state index in [1.54, 1.807) is 0 Å². The first kappa shape index (κ1) is 15.5. The Kier molecular flexibility index (Phi) is 10.00. The second-order valence-corrected chi connectivity index (χ2v) is 3.61. The lowest BCUT2D eigenvalue weighted by atomic mass is 10.2. The van der Waals surface area contributed by atoms with E-state index in [-0.39, 0.29) is 12.6 Å². The Morgan fingerprint density at radius 2 is 1.88 bits per heavy atom. The predicted molar refractivity (Wildman–Crippen MR) is 66.7 cm³/mol. The van der Waals surface area contributed by atoms with Crippen LogP contribution in [0, 0.1) is 0 Å². The average molecular weight is 242 g/mol. The third kappa shape index (κ3) is 10.8. The maximum atomic E-state index is 11.2. The normalized spacial score (nSPS) is 9.47. The van der Waals surface area contributed by atoms with Crippen molar-refractivity contribution < 1.29 is 14.3 Å². The van der Waals surface area contributed by atoms with Gasteiger partial charge in [0.2, 0.25) is 0 Å². The van der Waals surface area contributed by atoms with Crippen LogP contribution in [0.25, 0.3) is 0 Å². The minimum Gasteiger partial charge on any atom is -0.461 e. The number of hydrogen-bond donors (Lipinski definition) is 2. The summed E-state index contributed by atoms with van der Waals surface area (Å²) in [5, 5.41) is 5.32. The van der Waals surface area contributed by atoms with Gasteiger partial charge in [-0.1, -0.05) is 32.8 Å². The van der Waals surface area contributed by atoms with Crippen molar-refractivity contribution in [3.05, 3.63) is 12.7 Å². The zero-order valence-electron chi connectivity index (χ0n) is 10.5. The van der Waals surface area contributed by atoms with E-state index >= 15 is 0 Å². The van der Waals surface area contributed by atoms with Crippen molar-refractivity contribution in [1.82, 2.24) is 10.6 Å². The smallest absolute Gasteiger partial charge is 0.330 e. The summed E-state index contributed by atoms with van der Waals surface area (Å²) in [6.07, 6.45) is 5.59. The third-order valence-electron chi connectivity index (χ3n) is 2.11. The topological polar surface area (TPSA) is 67.4 Å². The zero-order valence-corrected chi connectivity index (χ0v) is 10.5. The number of urea groups is 1.